The molecule has 1 aliphatic heterocycles. The maximum Gasteiger partial charge on any atom is 0.139 e. The number of rotatable bonds is 7. The van der Waals surface area contributed by atoms with E-state index in [4.69, 9.17) is 10.5 Å². The second kappa shape index (κ2) is 10.3. The molecule has 1 unspecified atom stereocenters. The van der Waals surface area contributed by atoms with Crippen molar-refractivity contribution in [2.24, 2.45) is 0 Å². The number of ether oxygens (including phenoxy) is 1. The van der Waals surface area contributed by atoms with E-state index in [-0.39, 0.29) is 6.10 Å². The topological polar surface area (TPSA) is 63.4 Å². The van der Waals surface area contributed by atoms with Crippen LogP contribution in [0.15, 0.2) is 36.1 Å². The van der Waals surface area contributed by atoms with Crippen LogP contribution in [0, 0.1) is 6.92 Å². The monoisotopic (exact) mass is 366 g/mol. The molecular formula is C18H27FN4OS. The van der Waals surface area contributed by atoms with Crippen molar-refractivity contribution in [3.05, 3.63) is 41.7 Å². The molecule has 0 bridgehead atoms. The van der Waals surface area contributed by atoms with Crippen molar-refractivity contribution in [3.63, 3.8) is 0 Å². The number of halogens is 1. The Hall–Kier alpha value is -1.73. The van der Waals surface area contributed by atoms with Gasteiger partial charge in [-0.1, -0.05) is 12.2 Å². The number of nitrogens with zero attached hydrogens (tertiary/aromatic N) is 2. The predicted molar refractivity (Wildman–Crippen MR) is 104 cm³/mol. The third-order valence-corrected chi connectivity index (χ3v) is 4.74. The first-order valence-corrected chi connectivity index (χ1v) is 9.32. The number of allylic oxidation sites excluding steroid dienone is 4. The van der Waals surface area contributed by atoms with E-state index < -0.39 is 6.67 Å². The Balaban J connectivity index is 1.79. The molecule has 3 N–H and O–H groups in total. The molecule has 1 fully saturated rings. The maximum atomic E-state index is 12.1. The Morgan fingerprint density at radius 1 is 1.48 bits per heavy atom. The first-order valence-electron chi connectivity index (χ1n) is 8.55. The van der Waals surface area contributed by atoms with Gasteiger partial charge in [0.2, 0.25) is 0 Å². The summed E-state index contributed by atoms with van der Waals surface area (Å²) < 4.78 is 23.6. The van der Waals surface area contributed by atoms with Gasteiger partial charge in [0.15, 0.2) is 0 Å². The zero-order valence-corrected chi connectivity index (χ0v) is 15.7. The van der Waals surface area contributed by atoms with Crippen LogP contribution in [0.1, 0.15) is 31.7 Å². The van der Waals surface area contributed by atoms with Crippen molar-refractivity contribution >= 4 is 23.8 Å². The molecule has 25 heavy (non-hydrogen) atoms. The summed E-state index contributed by atoms with van der Waals surface area (Å²) in [6, 6.07) is 3.83. The lowest BCUT2D eigenvalue weighted by Gasteiger charge is -2.20. The van der Waals surface area contributed by atoms with Gasteiger partial charge in [0.1, 0.15) is 18.3 Å². The van der Waals surface area contributed by atoms with Gasteiger partial charge >= 0.3 is 0 Å². The molecule has 7 heteroatoms. The van der Waals surface area contributed by atoms with E-state index in [9.17, 15) is 4.39 Å². The van der Waals surface area contributed by atoms with Gasteiger partial charge in [-0.25, -0.2) is 13.7 Å². The average Bonchev–Trinajstić information content (AvgIpc) is 2.77. The molecular weight excluding hydrogens is 339 g/mol. The number of hydrogen-bond donors (Lipinski definition) is 2. The summed E-state index contributed by atoms with van der Waals surface area (Å²) in [7, 11) is 0. The summed E-state index contributed by atoms with van der Waals surface area (Å²) >= 11 is 1.56. The molecule has 1 atom stereocenters. The lowest BCUT2D eigenvalue weighted by atomic mass is 10.1. The second-order valence-electron chi connectivity index (χ2n) is 6.11. The van der Waals surface area contributed by atoms with Gasteiger partial charge in [-0.15, -0.1) is 0 Å². The van der Waals surface area contributed by atoms with Gasteiger partial charge < -0.3 is 15.2 Å². The zero-order valence-electron chi connectivity index (χ0n) is 14.9. The van der Waals surface area contributed by atoms with Crippen molar-refractivity contribution in [1.29, 1.82) is 0 Å². The summed E-state index contributed by atoms with van der Waals surface area (Å²) in [6.45, 7) is 5.38. The highest BCUT2D eigenvalue weighted by atomic mass is 32.2. The number of alkyl halides is 1. The number of aryl methyl sites for hydroxylation is 1. The van der Waals surface area contributed by atoms with E-state index in [0.29, 0.717) is 5.82 Å². The molecule has 1 aromatic heterocycles. The van der Waals surface area contributed by atoms with Crippen molar-refractivity contribution in [1.82, 2.24) is 9.29 Å². The molecule has 0 saturated carbocycles. The molecule has 0 aliphatic carbocycles. The van der Waals surface area contributed by atoms with Crippen molar-refractivity contribution < 1.29 is 9.13 Å². The molecule has 1 saturated heterocycles. The molecule has 1 aromatic rings. The Morgan fingerprint density at radius 2 is 2.32 bits per heavy atom. The summed E-state index contributed by atoms with van der Waals surface area (Å²) in [5.74, 6) is 2.13. The minimum absolute atomic E-state index is 0.202. The standard InChI is InChI=1S/C18H27FN4OS/c1-14-12-17(20)21-18(13-14)22-25-23-10-5-7-16(8-11-23)24-15(2)6-3-4-9-19/h3-4,6,12-13,16H,5,7-11H2,1-2H3,(H3,20,21,22)/b4-3-,15-6+. The third kappa shape index (κ3) is 7.36. The zero-order chi connectivity index (χ0) is 18.1. The van der Waals surface area contributed by atoms with Crippen molar-refractivity contribution in [3.8, 4) is 0 Å². The number of nitrogen functional groups attached to an aromatic ring is 1. The molecule has 2 rings (SSSR count). The van der Waals surface area contributed by atoms with Gasteiger partial charge in [0.25, 0.3) is 0 Å². The van der Waals surface area contributed by atoms with E-state index in [0.717, 1.165) is 49.5 Å². The fourth-order valence-electron chi connectivity index (χ4n) is 2.66. The van der Waals surface area contributed by atoms with E-state index in [1.165, 1.54) is 6.08 Å². The van der Waals surface area contributed by atoms with E-state index >= 15 is 0 Å². The molecule has 1 aliphatic rings. The number of nitrogens with one attached hydrogen (secondary N) is 1. The molecule has 138 valence electrons. The first-order chi connectivity index (χ1) is 12.1. The first kappa shape index (κ1) is 19.6. The van der Waals surface area contributed by atoms with Gasteiger partial charge in [0.05, 0.1) is 11.9 Å². The molecule has 5 nitrogen and oxygen atoms in total. The minimum Gasteiger partial charge on any atom is -0.495 e. The van der Waals surface area contributed by atoms with Gasteiger partial charge in [0, 0.05) is 25.2 Å². The lowest BCUT2D eigenvalue weighted by Crippen LogP contribution is -2.20. The highest BCUT2D eigenvalue weighted by Gasteiger charge is 2.18. The SMILES string of the molecule is C/C(=C\C=C/CF)OC1CCCN(SNc2cc(C)cc(N)n2)CC1. The lowest BCUT2D eigenvalue weighted by molar-refractivity contribution is 0.106. The summed E-state index contributed by atoms with van der Waals surface area (Å²) in [5.41, 5.74) is 6.87. The van der Waals surface area contributed by atoms with Gasteiger partial charge in [-0.3, -0.25) is 0 Å². The van der Waals surface area contributed by atoms with Crippen molar-refractivity contribution in [2.75, 3.05) is 30.2 Å². The van der Waals surface area contributed by atoms with Crippen LogP contribution in [-0.4, -0.2) is 35.2 Å². The fraction of sp³-hybridized carbons (Fsp3) is 0.500. The molecule has 0 amide bonds. The van der Waals surface area contributed by atoms with E-state index in [1.54, 1.807) is 18.2 Å². The highest BCUT2D eigenvalue weighted by molar-refractivity contribution is 7.98. The number of nitrogens with two attached hydrogens (primary N) is 1. The Labute approximate surface area is 153 Å². The molecule has 0 radical (unpaired) electrons. The number of hydrogen-bond acceptors (Lipinski definition) is 6. The van der Waals surface area contributed by atoms with Crippen LogP contribution in [-0.2, 0) is 4.74 Å². The predicted octanol–water partition coefficient (Wildman–Crippen LogP) is 4.25. The van der Waals surface area contributed by atoms with Crippen molar-refractivity contribution in [2.45, 2.75) is 39.2 Å². The Bertz CT molecular complexity index is 588. The third-order valence-electron chi connectivity index (χ3n) is 3.81. The normalized spacial score (nSPS) is 19.8. The van der Waals surface area contributed by atoms with Crippen LogP contribution < -0.4 is 10.5 Å². The Kier molecular flexibility index (Phi) is 8.08. The summed E-state index contributed by atoms with van der Waals surface area (Å²) in [5, 5.41) is 0. The van der Waals surface area contributed by atoms with Gasteiger partial charge in [-0.05, 0) is 56.9 Å². The van der Waals surface area contributed by atoms with Gasteiger partial charge in [-0.2, -0.15) is 0 Å². The smallest absolute Gasteiger partial charge is 0.139 e. The molecule has 0 spiro atoms. The molecule has 2 heterocycles. The second-order valence-corrected chi connectivity index (χ2v) is 7.01. The minimum atomic E-state index is -0.451. The van der Waals surface area contributed by atoms with Crippen LogP contribution in [0.4, 0.5) is 16.0 Å². The number of anilines is 2. The summed E-state index contributed by atoms with van der Waals surface area (Å²) in [4.78, 5) is 4.29. The Morgan fingerprint density at radius 3 is 3.08 bits per heavy atom. The number of aromatic nitrogens is 1. The average molecular weight is 367 g/mol. The number of pyridine rings is 1. The quantitative estimate of drug-likeness (QED) is 0.427. The van der Waals surface area contributed by atoms with Crippen LogP contribution in [0.5, 0.6) is 0 Å². The van der Waals surface area contributed by atoms with E-state index in [1.807, 2.05) is 32.1 Å². The maximum absolute atomic E-state index is 12.1. The van der Waals surface area contributed by atoms with Crippen LogP contribution in [0.3, 0.4) is 0 Å². The highest BCUT2D eigenvalue weighted by Crippen LogP contribution is 2.23. The molecule has 0 aromatic carbocycles. The van der Waals surface area contributed by atoms with Crippen LogP contribution in [0.2, 0.25) is 0 Å². The fourth-order valence-corrected chi connectivity index (χ4v) is 3.41. The summed E-state index contributed by atoms with van der Waals surface area (Å²) in [6.07, 6.45) is 8.21. The largest absolute Gasteiger partial charge is 0.495 e. The van der Waals surface area contributed by atoms with Crippen LogP contribution >= 0.6 is 12.1 Å². The van der Waals surface area contributed by atoms with E-state index in [2.05, 4.69) is 14.0 Å². The van der Waals surface area contributed by atoms with Crippen LogP contribution in [0.25, 0.3) is 0 Å².